The van der Waals surface area contributed by atoms with E-state index >= 15 is 0 Å². The summed E-state index contributed by atoms with van der Waals surface area (Å²) in [5, 5.41) is 3.37. The molecule has 0 spiro atoms. The summed E-state index contributed by atoms with van der Waals surface area (Å²) < 4.78 is 5.35. The van der Waals surface area contributed by atoms with Gasteiger partial charge in [0.1, 0.15) is 6.04 Å². The van der Waals surface area contributed by atoms with Crippen molar-refractivity contribution >= 4 is 23.3 Å². The Bertz CT molecular complexity index is 504. The van der Waals surface area contributed by atoms with Gasteiger partial charge < -0.3 is 10.1 Å². The van der Waals surface area contributed by atoms with Crippen LogP contribution in [0.3, 0.4) is 0 Å². The third-order valence-corrected chi connectivity index (χ3v) is 3.66. The van der Waals surface area contributed by atoms with E-state index in [1.54, 1.807) is 24.3 Å². The lowest BCUT2D eigenvalue weighted by Crippen LogP contribution is -2.55. The average molecular weight is 311 g/mol. The van der Waals surface area contributed by atoms with Crippen molar-refractivity contribution in [3.8, 4) is 0 Å². The van der Waals surface area contributed by atoms with Crippen LogP contribution < -0.4 is 5.32 Å². The number of carbonyl (C=O) groups is 2. The number of ether oxygens (including phenoxy) is 1. The van der Waals surface area contributed by atoms with Crippen LogP contribution in [-0.2, 0) is 9.53 Å². The first-order valence-electron chi connectivity index (χ1n) is 7.00. The minimum Gasteiger partial charge on any atom is -0.378 e. The van der Waals surface area contributed by atoms with Crippen molar-refractivity contribution in [2.24, 2.45) is 0 Å². The number of ketones is 1. The highest BCUT2D eigenvalue weighted by Crippen LogP contribution is 2.13. The zero-order valence-corrected chi connectivity index (χ0v) is 12.7. The molecule has 1 atom stereocenters. The molecule has 0 aromatic heterocycles. The first kappa shape index (κ1) is 15.9. The summed E-state index contributed by atoms with van der Waals surface area (Å²) in [7, 11) is 0. The van der Waals surface area contributed by atoms with Gasteiger partial charge in [0.2, 0.25) is 5.91 Å². The molecule has 5 nitrogen and oxygen atoms in total. The maximum absolute atomic E-state index is 12.3. The fourth-order valence-corrected chi connectivity index (χ4v) is 2.40. The van der Waals surface area contributed by atoms with Gasteiger partial charge >= 0.3 is 0 Å². The van der Waals surface area contributed by atoms with Gasteiger partial charge in [0.15, 0.2) is 5.78 Å². The molecule has 1 amide bonds. The lowest BCUT2D eigenvalue weighted by atomic mass is 10.1. The second-order valence-electron chi connectivity index (χ2n) is 4.89. The molecule has 1 unspecified atom stereocenters. The summed E-state index contributed by atoms with van der Waals surface area (Å²) in [6.45, 7) is 4.05. The molecule has 21 heavy (non-hydrogen) atoms. The van der Waals surface area contributed by atoms with Gasteiger partial charge in [-0.2, -0.15) is 0 Å². The molecule has 1 saturated heterocycles. The van der Waals surface area contributed by atoms with E-state index in [1.165, 1.54) is 0 Å². The minimum absolute atomic E-state index is 0.0251. The van der Waals surface area contributed by atoms with Crippen molar-refractivity contribution in [3.63, 3.8) is 0 Å². The topological polar surface area (TPSA) is 58.6 Å². The Morgan fingerprint density at radius 3 is 2.76 bits per heavy atom. The second kappa shape index (κ2) is 7.54. The average Bonchev–Trinajstić information content (AvgIpc) is 2.48. The zero-order valence-electron chi connectivity index (χ0n) is 12.0. The van der Waals surface area contributed by atoms with Gasteiger partial charge in [-0.15, -0.1) is 0 Å². The van der Waals surface area contributed by atoms with E-state index in [-0.39, 0.29) is 18.2 Å². The molecule has 1 fully saturated rings. The summed E-state index contributed by atoms with van der Waals surface area (Å²) in [5.74, 6) is -0.121. The molecule has 1 aliphatic heterocycles. The van der Waals surface area contributed by atoms with Gasteiger partial charge in [0, 0.05) is 23.7 Å². The molecule has 1 aliphatic rings. The largest absolute Gasteiger partial charge is 0.378 e. The number of morpholine rings is 1. The van der Waals surface area contributed by atoms with Crippen LogP contribution in [0.1, 0.15) is 17.3 Å². The number of amides is 1. The molecule has 0 radical (unpaired) electrons. The number of nitrogens with zero attached hydrogens (tertiary/aromatic N) is 1. The van der Waals surface area contributed by atoms with Crippen LogP contribution in [0.15, 0.2) is 24.3 Å². The van der Waals surface area contributed by atoms with E-state index in [0.29, 0.717) is 36.9 Å². The molecule has 114 valence electrons. The van der Waals surface area contributed by atoms with Gasteiger partial charge in [-0.05, 0) is 31.2 Å². The van der Waals surface area contributed by atoms with E-state index in [1.807, 2.05) is 11.8 Å². The first-order chi connectivity index (χ1) is 10.1. The van der Waals surface area contributed by atoms with E-state index in [0.717, 1.165) is 0 Å². The van der Waals surface area contributed by atoms with Crippen LogP contribution in [0.25, 0.3) is 0 Å². The van der Waals surface area contributed by atoms with Crippen molar-refractivity contribution < 1.29 is 14.3 Å². The lowest BCUT2D eigenvalue weighted by Gasteiger charge is -2.33. The van der Waals surface area contributed by atoms with Crippen LogP contribution in [0, 0.1) is 0 Å². The monoisotopic (exact) mass is 310 g/mol. The summed E-state index contributed by atoms with van der Waals surface area (Å²) in [6.07, 6.45) is 0. The first-order valence-corrected chi connectivity index (χ1v) is 7.38. The molecule has 1 aromatic carbocycles. The molecule has 0 aliphatic carbocycles. The van der Waals surface area contributed by atoms with Gasteiger partial charge in [0.25, 0.3) is 0 Å². The summed E-state index contributed by atoms with van der Waals surface area (Å²) in [6, 6.07) is 6.37. The van der Waals surface area contributed by atoms with Crippen LogP contribution in [0.4, 0.5) is 0 Å². The highest BCUT2D eigenvalue weighted by Gasteiger charge is 2.30. The van der Waals surface area contributed by atoms with Crippen molar-refractivity contribution in [1.29, 1.82) is 0 Å². The SMILES string of the molecule is CCNC(=O)C1COCCN1CC(=O)c1ccc(Cl)cc1. The summed E-state index contributed by atoms with van der Waals surface area (Å²) in [4.78, 5) is 26.2. The second-order valence-corrected chi connectivity index (χ2v) is 5.32. The number of halogens is 1. The molecule has 2 rings (SSSR count). The van der Waals surface area contributed by atoms with Crippen LogP contribution in [0.5, 0.6) is 0 Å². The maximum Gasteiger partial charge on any atom is 0.239 e. The quantitative estimate of drug-likeness (QED) is 0.834. The number of likely N-dealkylation sites (N-methyl/N-ethyl adjacent to an activating group) is 1. The van der Waals surface area contributed by atoms with Gasteiger partial charge in [-0.3, -0.25) is 14.5 Å². The van der Waals surface area contributed by atoms with E-state index in [4.69, 9.17) is 16.3 Å². The van der Waals surface area contributed by atoms with Gasteiger partial charge in [-0.25, -0.2) is 0 Å². The fraction of sp³-hybridized carbons (Fsp3) is 0.467. The van der Waals surface area contributed by atoms with Crippen molar-refractivity contribution in [3.05, 3.63) is 34.9 Å². The van der Waals surface area contributed by atoms with Crippen LogP contribution in [-0.4, -0.2) is 55.5 Å². The summed E-state index contributed by atoms with van der Waals surface area (Å²) >= 11 is 5.82. The van der Waals surface area contributed by atoms with Crippen molar-refractivity contribution in [1.82, 2.24) is 10.2 Å². The van der Waals surface area contributed by atoms with Gasteiger partial charge in [-0.1, -0.05) is 11.6 Å². The molecular weight excluding hydrogens is 292 g/mol. The maximum atomic E-state index is 12.3. The van der Waals surface area contributed by atoms with Crippen molar-refractivity contribution in [2.75, 3.05) is 32.8 Å². The third-order valence-electron chi connectivity index (χ3n) is 3.41. The smallest absolute Gasteiger partial charge is 0.239 e. The Balaban J connectivity index is 2.03. The highest BCUT2D eigenvalue weighted by atomic mass is 35.5. The van der Waals surface area contributed by atoms with E-state index < -0.39 is 6.04 Å². The minimum atomic E-state index is -0.407. The lowest BCUT2D eigenvalue weighted by molar-refractivity contribution is -0.131. The predicted molar refractivity (Wildman–Crippen MR) is 80.6 cm³/mol. The predicted octanol–water partition coefficient (Wildman–Crippen LogP) is 1.36. The van der Waals surface area contributed by atoms with E-state index in [9.17, 15) is 9.59 Å². The number of benzene rings is 1. The normalized spacial score (nSPS) is 19.2. The van der Waals surface area contributed by atoms with Crippen LogP contribution >= 0.6 is 11.6 Å². The summed E-state index contributed by atoms with van der Waals surface area (Å²) in [5.41, 5.74) is 0.598. The van der Waals surface area contributed by atoms with Crippen LogP contribution in [0.2, 0.25) is 5.02 Å². The number of hydrogen-bond donors (Lipinski definition) is 1. The molecule has 6 heteroatoms. The van der Waals surface area contributed by atoms with Crippen molar-refractivity contribution in [2.45, 2.75) is 13.0 Å². The number of nitrogens with one attached hydrogen (secondary N) is 1. The van der Waals surface area contributed by atoms with E-state index in [2.05, 4.69) is 5.32 Å². The Morgan fingerprint density at radius 1 is 1.38 bits per heavy atom. The molecule has 0 bridgehead atoms. The Labute approximate surface area is 129 Å². The Morgan fingerprint density at radius 2 is 2.10 bits per heavy atom. The number of hydrogen-bond acceptors (Lipinski definition) is 4. The molecule has 1 N–H and O–H groups in total. The molecular formula is C15H19ClN2O3. The number of Topliss-reactive ketones (excluding diaryl/α,β-unsaturated/α-hetero) is 1. The highest BCUT2D eigenvalue weighted by molar-refractivity contribution is 6.30. The Kier molecular flexibility index (Phi) is 5.73. The molecule has 1 heterocycles. The third kappa shape index (κ3) is 4.27. The van der Waals surface area contributed by atoms with Gasteiger partial charge in [0.05, 0.1) is 19.8 Å². The molecule has 0 saturated carbocycles. The molecule has 1 aromatic rings. The number of rotatable bonds is 5. The fourth-order valence-electron chi connectivity index (χ4n) is 2.27. The zero-order chi connectivity index (χ0) is 15.2. The Hall–Kier alpha value is -1.43. The standard InChI is InChI=1S/C15H19ClN2O3/c1-2-17-15(20)13-10-21-8-7-18(13)9-14(19)11-3-5-12(16)6-4-11/h3-6,13H,2,7-10H2,1H3,(H,17,20). The number of carbonyl (C=O) groups excluding carboxylic acids is 2.